The Morgan fingerprint density at radius 2 is 1.79 bits per heavy atom. The van der Waals surface area contributed by atoms with Crippen LogP contribution < -0.4 is 0 Å². The Hall–Kier alpha value is -1.84. The zero-order chi connectivity index (χ0) is 14.4. The third-order valence-electron chi connectivity index (χ3n) is 3.15. The van der Waals surface area contributed by atoms with E-state index in [0.717, 1.165) is 12.0 Å². The van der Waals surface area contributed by atoms with E-state index in [1.807, 2.05) is 30.3 Å². The van der Waals surface area contributed by atoms with Gasteiger partial charge >= 0.3 is 5.97 Å². The number of benzene rings is 1. The molecule has 4 nitrogen and oxygen atoms in total. The van der Waals surface area contributed by atoms with E-state index < -0.39 is 11.9 Å². The van der Waals surface area contributed by atoms with Crippen molar-refractivity contribution >= 4 is 11.9 Å². The summed E-state index contributed by atoms with van der Waals surface area (Å²) in [4.78, 5) is 24.7. The third-order valence-corrected chi connectivity index (χ3v) is 3.15. The van der Waals surface area contributed by atoms with Gasteiger partial charge in [-0.1, -0.05) is 44.2 Å². The minimum absolute atomic E-state index is 0.204. The molecule has 1 atom stereocenters. The van der Waals surface area contributed by atoms with Gasteiger partial charge in [0.05, 0.1) is 0 Å². The molecule has 0 aliphatic heterocycles. The summed E-state index contributed by atoms with van der Waals surface area (Å²) in [6.07, 6.45) is 0.730. The number of nitrogens with zero attached hydrogens (tertiary/aromatic N) is 1. The van der Waals surface area contributed by atoms with Gasteiger partial charge in [-0.25, -0.2) is 0 Å². The standard InChI is InChI=1S/C15H21NO3/c1-11(2)13(15(18)19)14(17)16(3)10-9-12-7-5-4-6-8-12/h4-8,11,13H,9-10H2,1-3H3,(H,18,19). The Kier molecular flexibility index (Phi) is 5.55. The van der Waals surface area contributed by atoms with Crippen molar-refractivity contribution in [1.82, 2.24) is 4.90 Å². The molecule has 1 aromatic rings. The van der Waals surface area contributed by atoms with E-state index in [1.54, 1.807) is 20.9 Å². The molecule has 0 heterocycles. The van der Waals surface area contributed by atoms with Gasteiger partial charge in [-0.15, -0.1) is 0 Å². The summed E-state index contributed by atoms with van der Waals surface area (Å²) in [6, 6.07) is 9.83. The van der Waals surface area contributed by atoms with Gasteiger partial charge in [-0.3, -0.25) is 9.59 Å². The molecule has 0 fully saturated rings. The van der Waals surface area contributed by atoms with Crippen molar-refractivity contribution < 1.29 is 14.7 Å². The van der Waals surface area contributed by atoms with Gasteiger partial charge in [-0.05, 0) is 17.9 Å². The largest absolute Gasteiger partial charge is 0.481 e. The first-order chi connectivity index (χ1) is 8.93. The summed E-state index contributed by atoms with van der Waals surface area (Å²) >= 11 is 0. The van der Waals surface area contributed by atoms with E-state index in [1.165, 1.54) is 4.90 Å². The minimum Gasteiger partial charge on any atom is -0.481 e. The highest BCUT2D eigenvalue weighted by atomic mass is 16.4. The summed E-state index contributed by atoms with van der Waals surface area (Å²) in [7, 11) is 1.66. The van der Waals surface area contributed by atoms with E-state index in [4.69, 9.17) is 5.11 Å². The molecular formula is C15H21NO3. The molecule has 1 N–H and O–H groups in total. The second-order valence-corrected chi connectivity index (χ2v) is 5.06. The van der Waals surface area contributed by atoms with Crippen LogP contribution in [0.2, 0.25) is 0 Å². The molecular weight excluding hydrogens is 242 g/mol. The number of carboxylic acids is 1. The zero-order valence-electron chi connectivity index (χ0n) is 11.7. The Morgan fingerprint density at radius 3 is 2.26 bits per heavy atom. The van der Waals surface area contributed by atoms with E-state index in [9.17, 15) is 9.59 Å². The van der Waals surface area contributed by atoms with Crippen LogP contribution in [0.25, 0.3) is 0 Å². The van der Waals surface area contributed by atoms with Crippen molar-refractivity contribution in [3.05, 3.63) is 35.9 Å². The molecule has 1 amide bonds. The lowest BCUT2D eigenvalue weighted by atomic mass is 9.94. The maximum absolute atomic E-state index is 12.1. The monoisotopic (exact) mass is 263 g/mol. The molecule has 0 radical (unpaired) electrons. The minimum atomic E-state index is -1.05. The molecule has 19 heavy (non-hydrogen) atoms. The molecule has 4 heteroatoms. The Bertz CT molecular complexity index is 428. The Morgan fingerprint density at radius 1 is 1.21 bits per heavy atom. The van der Waals surface area contributed by atoms with Gasteiger partial charge in [0, 0.05) is 13.6 Å². The highest BCUT2D eigenvalue weighted by molar-refractivity contribution is 5.97. The molecule has 0 aliphatic rings. The maximum atomic E-state index is 12.1. The fourth-order valence-corrected chi connectivity index (χ4v) is 1.97. The normalized spacial score (nSPS) is 12.2. The van der Waals surface area contributed by atoms with Crippen molar-refractivity contribution in [3.63, 3.8) is 0 Å². The van der Waals surface area contributed by atoms with Crippen LogP contribution in [0.5, 0.6) is 0 Å². The lowest BCUT2D eigenvalue weighted by Crippen LogP contribution is -2.40. The van der Waals surface area contributed by atoms with E-state index in [2.05, 4.69) is 0 Å². The predicted molar refractivity (Wildman–Crippen MR) is 73.7 cm³/mol. The number of likely N-dealkylation sites (N-methyl/N-ethyl adjacent to an activating group) is 1. The van der Waals surface area contributed by atoms with E-state index >= 15 is 0 Å². The molecule has 0 bridgehead atoms. The summed E-state index contributed by atoms with van der Waals surface area (Å²) < 4.78 is 0. The summed E-state index contributed by atoms with van der Waals surface area (Å²) in [6.45, 7) is 4.03. The topological polar surface area (TPSA) is 57.6 Å². The van der Waals surface area contributed by atoms with Gasteiger partial charge in [0.2, 0.25) is 5.91 Å². The number of rotatable bonds is 6. The van der Waals surface area contributed by atoms with Gasteiger partial charge in [0.1, 0.15) is 5.92 Å². The maximum Gasteiger partial charge on any atom is 0.316 e. The predicted octanol–water partition coefficient (Wildman–Crippen LogP) is 2.04. The van der Waals surface area contributed by atoms with Gasteiger partial charge in [0.25, 0.3) is 0 Å². The van der Waals surface area contributed by atoms with E-state index in [0.29, 0.717) is 6.54 Å². The first kappa shape index (κ1) is 15.2. The van der Waals surface area contributed by atoms with Crippen molar-refractivity contribution in [2.24, 2.45) is 11.8 Å². The number of aliphatic carboxylic acids is 1. The van der Waals surface area contributed by atoms with Crippen LogP contribution in [-0.2, 0) is 16.0 Å². The van der Waals surface area contributed by atoms with Crippen LogP contribution in [0.4, 0.5) is 0 Å². The van der Waals surface area contributed by atoms with Gasteiger partial charge < -0.3 is 10.0 Å². The highest BCUT2D eigenvalue weighted by Gasteiger charge is 2.31. The molecule has 0 aromatic heterocycles. The molecule has 0 spiro atoms. The average molecular weight is 263 g/mol. The lowest BCUT2D eigenvalue weighted by Gasteiger charge is -2.23. The quantitative estimate of drug-likeness (QED) is 0.799. The zero-order valence-corrected chi connectivity index (χ0v) is 11.7. The van der Waals surface area contributed by atoms with Crippen LogP contribution in [0.3, 0.4) is 0 Å². The number of carbonyl (C=O) groups is 2. The molecule has 0 saturated heterocycles. The van der Waals surface area contributed by atoms with Crippen LogP contribution in [0.15, 0.2) is 30.3 Å². The van der Waals surface area contributed by atoms with Crippen LogP contribution >= 0.6 is 0 Å². The number of amides is 1. The smallest absolute Gasteiger partial charge is 0.316 e. The van der Waals surface area contributed by atoms with Crippen molar-refractivity contribution in [2.45, 2.75) is 20.3 Å². The van der Waals surface area contributed by atoms with Crippen molar-refractivity contribution in [2.75, 3.05) is 13.6 Å². The molecule has 0 aliphatic carbocycles. The summed E-state index contributed by atoms with van der Waals surface area (Å²) in [5.41, 5.74) is 1.14. The summed E-state index contributed by atoms with van der Waals surface area (Å²) in [5.74, 6) is -2.53. The first-order valence-corrected chi connectivity index (χ1v) is 6.45. The Labute approximate surface area is 114 Å². The second kappa shape index (κ2) is 6.92. The molecule has 1 aromatic carbocycles. The molecule has 104 valence electrons. The van der Waals surface area contributed by atoms with Crippen molar-refractivity contribution in [3.8, 4) is 0 Å². The van der Waals surface area contributed by atoms with E-state index in [-0.39, 0.29) is 11.8 Å². The number of hydrogen-bond donors (Lipinski definition) is 1. The third kappa shape index (κ3) is 4.39. The lowest BCUT2D eigenvalue weighted by molar-refractivity contribution is -0.152. The molecule has 1 unspecified atom stereocenters. The van der Waals surface area contributed by atoms with Crippen LogP contribution in [-0.4, -0.2) is 35.5 Å². The highest BCUT2D eigenvalue weighted by Crippen LogP contribution is 2.14. The van der Waals surface area contributed by atoms with Crippen LogP contribution in [0.1, 0.15) is 19.4 Å². The molecule has 1 rings (SSSR count). The fraction of sp³-hybridized carbons (Fsp3) is 0.467. The molecule has 0 saturated carbocycles. The fourth-order valence-electron chi connectivity index (χ4n) is 1.97. The van der Waals surface area contributed by atoms with Crippen molar-refractivity contribution in [1.29, 1.82) is 0 Å². The number of hydrogen-bond acceptors (Lipinski definition) is 2. The number of carboxylic acid groups (broad SMARTS) is 1. The first-order valence-electron chi connectivity index (χ1n) is 6.45. The summed E-state index contributed by atoms with van der Waals surface area (Å²) in [5, 5.41) is 9.10. The van der Waals surface area contributed by atoms with Gasteiger partial charge in [-0.2, -0.15) is 0 Å². The SMILES string of the molecule is CC(C)C(C(=O)O)C(=O)N(C)CCc1ccccc1. The van der Waals surface area contributed by atoms with Crippen LogP contribution in [0, 0.1) is 11.8 Å². The average Bonchev–Trinajstić information content (AvgIpc) is 2.36. The Balaban J connectivity index is 2.59. The number of carbonyl (C=O) groups excluding carboxylic acids is 1. The second-order valence-electron chi connectivity index (χ2n) is 5.06. The van der Waals surface area contributed by atoms with Gasteiger partial charge in [0.15, 0.2) is 0 Å².